The molecule has 0 fully saturated rings. The second-order valence-corrected chi connectivity index (χ2v) is 6.69. The van der Waals surface area contributed by atoms with Crippen LogP contribution in [0.5, 0.6) is 5.75 Å². The molecule has 0 heterocycles. The van der Waals surface area contributed by atoms with Gasteiger partial charge in [0.15, 0.2) is 11.6 Å². The average molecular weight is 341 g/mol. The molecule has 1 aromatic carbocycles. The molecule has 0 amide bonds. The Morgan fingerprint density at radius 3 is 2.48 bits per heavy atom. The number of sulfonamides is 1. The van der Waals surface area contributed by atoms with E-state index in [9.17, 15) is 12.8 Å². The number of hydrogen-bond donors (Lipinski definition) is 2. The molecule has 21 heavy (non-hydrogen) atoms. The highest BCUT2D eigenvalue weighted by molar-refractivity contribution is 7.89. The maximum absolute atomic E-state index is 13.3. The minimum absolute atomic E-state index is 0. The summed E-state index contributed by atoms with van der Waals surface area (Å²) in [6.45, 7) is 4.17. The normalized spacial score (nSPS) is 12.9. The quantitative estimate of drug-likeness (QED) is 0.794. The summed E-state index contributed by atoms with van der Waals surface area (Å²) in [5.74, 6) is -0.404. The van der Waals surface area contributed by atoms with Crippen molar-refractivity contribution < 1.29 is 17.5 Å². The Morgan fingerprint density at radius 2 is 2.00 bits per heavy atom. The Kier molecular flexibility index (Phi) is 8.17. The van der Waals surface area contributed by atoms with Crippen LogP contribution in [0.2, 0.25) is 0 Å². The molecule has 0 saturated carbocycles. The molecule has 0 aliphatic rings. The summed E-state index contributed by atoms with van der Waals surface area (Å²) in [6, 6.07) is 3.06. The van der Waals surface area contributed by atoms with Gasteiger partial charge in [-0.25, -0.2) is 17.5 Å². The van der Waals surface area contributed by atoms with Crippen LogP contribution in [0.3, 0.4) is 0 Å². The van der Waals surface area contributed by atoms with Crippen LogP contribution in [0.15, 0.2) is 23.1 Å². The molecule has 8 heteroatoms. The van der Waals surface area contributed by atoms with Gasteiger partial charge in [0.2, 0.25) is 10.0 Å². The number of rotatable bonds is 7. The molecule has 1 unspecified atom stereocenters. The van der Waals surface area contributed by atoms with E-state index in [1.165, 1.54) is 13.2 Å². The number of ether oxygens (including phenoxy) is 1. The second-order valence-electron chi connectivity index (χ2n) is 4.98. The lowest BCUT2D eigenvalue weighted by molar-refractivity contribution is 0.385. The SMILES string of the molecule is COc1cc(S(=O)(=O)NC(CN)CC(C)C)ccc1F.Cl. The molecule has 5 nitrogen and oxygen atoms in total. The molecule has 0 aromatic heterocycles. The van der Waals surface area contributed by atoms with Crippen LogP contribution in [-0.4, -0.2) is 28.1 Å². The highest BCUT2D eigenvalue weighted by Gasteiger charge is 2.21. The number of methoxy groups -OCH3 is 1. The van der Waals surface area contributed by atoms with E-state index in [-0.39, 0.29) is 35.6 Å². The standard InChI is InChI=1S/C13H21FN2O3S.ClH/c1-9(2)6-10(8-15)16-20(17,18)11-4-5-12(14)13(7-11)19-3;/h4-5,7,9-10,16H,6,8,15H2,1-3H3;1H. The van der Waals surface area contributed by atoms with Gasteiger partial charge in [-0.3, -0.25) is 0 Å². The molecule has 0 spiro atoms. The fourth-order valence-corrected chi connectivity index (χ4v) is 3.13. The van der Waals surface area contributed by atoms with Crippen molar-refractivity contribution in [1.29, 1.82) is 0 Å². The van der Waals surface area contributed by atoms with Crippen LogP contribution >= 0.6 is 12.4 Å². The zero-order chi connectivity index (χ0) is 15.3. The molecule has 0 radical (unpaired) electrons. The highest BCUT2D eigenvalue weighted by Crippen LogP contribution is 2.21. The lowest BCUT2D eigenvalue weighted by Gasteiger charge is -2.19. The van der Waals surface area contributed by atoms with E-state index in [1.807, 2.05) is 13.8 Å². The minimum atomic E-state index is -3.74. The third-order valence-corrected chi connectivity index (χ3v) is 4.31. The van der Waals surface area contributed by atoms with Gasteiger partial charge < -0.3 is 10.5 Å². The highest BCUT2D eigenvalue weighted by atomic mass is 35.5. The van der Waals surface area contributed by atoms with Crippen LogP contribution < -0.4 is 15.2 Å². The average Bonchev–Trinajstić information content (AvgIpc) is 2.37. The first-order valence-corrected chi connectivity index (χ1v) is 7.84. The van der Waals surface area contributed by atoms with E-state index in [0.717, 1.165) is 12.1 Å². The summed E-state index contributed by atoms with van der Waals surface area (Å²) >= 11 is 0. The van der Waals surface area contributed by atoms with E-state index in [0.29, 0.717) is 12.3 Å². The smallest absolute Gasteiger partial charge is 0.241 e. The Labute approximate surface area is 131 Å². The van der Waals surface area contributed by atoms with Gasteiger partial charge in [-0.05, 0) is 24.5 Å². The maximum Gasteiger partial charge on any atom is 0.241 e. The number of nitrogens with two attached hydrogens (primary N) is 1. The van der Waals surface area contributed by atoms with E-state index in [1.54, 1.807) is 0 Å². The third-order valence-electron chi connectivity index (χ3n) is 2.80. The summed E-state index contributed by atoms with van der Waals surface area (Å²) in [6.07, 6.45) is 0.633. The van der Waals surface area contributed by atoms with Crippen LogP contribution in [0.25, 0.3) is 0 Å². The van der Waals surface area contributed by atoms with Crippen molar-refractivity contribution >= 4 is 22.4 Å². The first-order chi connectivity index (χ1) is 9.30. The maximum atomic E-state index is 13.3. The fraction of sp³-hybridized carbons (Fsp3) is 0.538. The van der Waals surface area contributed by atoms with E-state index >= 15 is 0 Å². The van der Waals surface area contributed by atoms with Gasteiger partial charge in [0.25, 0.3) is 0 Å². The largest absolute Gasteiger partial charge is 0.494 e. The Balaban J connectivity index is 0.00000400. The molecule has 3 N–H and O–H groups in total. The number of hydrogen-bond acceptors (Lipinski definition) is 4. The number of nitrogens with one attached hydrogen (secondary N) is 1. The molecule has 1 atom stereocenters. The van der Waals surface area contributed by atoms with E-state index in [4.69, 9.17) is 10.5 Å². The van der Waals surface area contributed by atoms with Crippen molar-refractivity contribution in [3.05, 3.63) is 24.0 Å². The topological polar surface area (TPSA) is 81.4 Å². The van der Waals surface area contributed by atoms with Gasteiger partial charge in [-0.15, -0.1) is 12.4 Å². The summed E-state index contributed by atoms with van der Waals surface area (Å²) in [5, 5.41) is 0. The molecular formula is C13H22ClFN2O3S. The zero-order valence-corrected chi connectivity index (χ0v) is 13.9. The molecule has 1 aromatic rings. The monoisotopic (exact) mass is 340 g/mol. The summed E-state index contributed by atoms with van der Waals surface area (Å²) in [5.41, 5.74) is 5.57. The van der Waals surface area contributed by atoms with Gasteiger partial charge in [0, 0.05) is 18.7 Å². The number of benzene rings is 1. The van der Waals surface area contributed by atoms with Crippen molar-refractivity contribution in [3.8, 4) is 5.75 Å². The molecule has 1 rings (SSSR count). The molecule has 122 valence electrons. The number of halogens is 2. The van der Waals surface area contributed by atoms with Gasteiger partial charge in [0.05, 0.1) is 12.0 Å². The van der Waals surface area contributed by atoms with Crippen molar-refractivity contribution in [3.63, 3.8) is 0 Å². The second kappa shape index (κ2) is 8.53. The van der Waals surface area contributed by atoms with Gasteiger partial charge >= 0.3 is 0 Å². The lowest BCUT2D eigenvalue weighted by Crippen LogP contribution is -2.40. The van der Waals surface area contributed by atoms with Crippen molar-refractivity contribution in [1.82, 2.24) is 4.72 Å². The summed E-state index contributed by atoms with van der Waals surface area (Å²) < 4.78 is 45.0. The summed E-state index contributed by atoms with van der Waals surface area (Å²) in [4.78, 5) is -0.0436. The van der Waals surface area contributed by atoms with Gasteiger partial charge in [0.1, 0.15) is 0 Å². The molecule has 0 saturated heterocycles. The van der Waals surface area contributed by atoms with Crippen LogP contribution in [0.1, 0.15) is 20.3 Å². The van der Waals surface area contributed by atoms with Crippen LogP contribution in [0.4, 0.5) is 4.39 Å². The van der Waals surface area contributed by atoms with Gasteiger partial charge in [-0.2, -0.15) is 0 Å². The van der Waals surface area contributed by atoms with Crippen LogP contribution in [0, 0.1) is 11.7 Å². The predicted molar refractivity (Wildman–Crippen MR) is 82.8 cm³/mol. The van der Waals surface area contributed by atoms with Crippen LogP contribution in [-0.2, 0) is 10.0 Å². The fourth-order valence-electron chi connectivity index (χ4n) is 1.86. The lowest BCUT2D eigenvalue weighted by atomic mass is 10.1. The summed E-state index contributed by atoms with van der Waals surface area (Å²) in [7, 11) is -2.46. The third kappa shape index (κ3) is 5.78. The zero-order valence-electron chi connectivity index (χ0n) is 12.3. The van der Waals surface area contributed by atoms with E-state index in [2.05, 4.69) is 4.72 Å². The van der Waals surface area contributed by atoms with E-state index < -0.39 is 15.8 Å². The van der Waals surface area contributed by atoms with Crippen molar-refractivity contribution in [2.45, 2.75) is 31.2 Å². The van der Waals surface area contributed by atoms with Gasteiger partial charge in [-0.1, -0.05) is 13.8 Å². The minimum Gasteiger partial charge on any atom is -0.494 e. The molecule has 0 aliphatic carbocycles. The Morgan fingerprint density at radius 1 is 1.38 bits per heavy atom. The Hall–Kier alpha value is -0.890. The van der Waals surface area contributed by atoms with Crippen molar-refractivity contribution in [2.24, 2.45) is 11.7 Å². The first-order valence-electron chi connectivity index (χ1n) is 6.36. The van der Waals surface area contributed by atoms with Crippen molar-refractivity contribution in [2.75, 3.05) is 13.7 Å². The molecule has 0 bridgehead atoms. The molecular weight excluding hydrogens is 319 g/mol. The predicted octanol–water partition coefficient (Wildman–Crippen LogP) is 1.91. The Bertz CT molecular complexity index is 552. The first kappa shape index (κ1) is 20.1. The molecule has 0 aliphatic heterocycles.